The average molecular weight is 665 g/mol. The largest absolute Gasteiger partial charge is 0.294 e. The fraction of sp³-hybridized carbons (Fsp3) is 0.0208. The summed E-state index contributed by atoms with van der Waals surface area (Å²) >= 11 is 0. The lowest BCUT2D eigenvalue weighted by Gasteiger charge is -2.37. The number of nitriles is 1. The zero-order valence-electron chi connectivity index (χ0n) is 28.3. The molecular formula is C48H32N4. The molecule has 2 aromatic heterocycles. The number of benzene rings is 7. The Morgan fingerprint density at radius 2 is 0.885 bits per heavy atom. The molecule has 0 saturated carbocycles. The van der Waals surface area contributed by atoms with Crippen molar-refractivity contribution in [2.24, 2.45) is 0 Å². The standard InChI is InChI=1S/C48H32N4/c49-33-34-24-26-35(27-25-34)43-32-46(52-44-22-12-10-20-41(44)42-21-11-13-23-45(42)52)51-47(50-43)36-28-30-40(31-29-36)48(37-14-4-1-5-15-37,38-16-6-2-7-17-38)39-18-8-3-9-19-39/h1-32H. The predicted molar refractivity (Wildman–Crippen MR) is 210 cm³/mol. The molecule has 244 valence electrons. The fourth-order valence-corrected chi connectivity index (χ4v) is 7.64. The first-order valence-corrected chi connectivity index (χ1v) is 17.4. The third-order valence-corrected chi connectivity index (χ3v) is 10.0. The van der Waals surface area contributed by atoms with Crippen molar-refractivity contribution in [2.45, 2.75) is 5.41 Å². The number of rotatable bonds is 7. The quantitative estimate of drug-likeness (QED) is 0.159. The second-order valence-corrected chi connectivity index (χ2v) is 12.9. The molecule has 0 N–H and O–H groups in total. The molecule has 0 unspecified atom stereocenters. The molecule has 0 bridgehead atoms. The van der Waals surface area contributed by atoms with Crippen molar-refractivity contribution >= 4 is 21.8 Å². The van der Waals surface area contributed by atoms with Gasteiger partial charge in [-0.1, -0.05) is 164 Å². The Morgan fingerprint density at radius 3 is 1.38 bits per heavy atom. The molecule has 0 atom stereocenters. The molecule has 2 heterocycles. The van der Waals surface area contributed by atoms with Gasteiger partial charge in [-0.15, -0.1) is 0 Å². The lowest BCUT2D eigenvalue weighted by molar-refractivity contribution is 0.745. The van der Waals surface area contributed by atoms with Gasteiger partial charge >= 0.3 is 0 Å². The van der Waals surface area contributed by atoms with Crippen LogP contribution in [0.15, 0.2) is 194 Å². The molecular weight excluding hydrogens is 633 g/mol. The van der Waals surface area contributed by atoms with Crippen LogP contribution in [0.25, 0.3) is 50.3 Å². The van der Waals surface area contributed by atoms with E-state index in [-0.39, 0.29) is 0 Å². The molecule has 4 nitrogen and oxygen atoms in total. The molecule has 9 rings (SSSR count). The van der Waals surface area contributed by atoms with Gasteiger partial charge in [0.05, 0.1) is 33.8 Å². The molecule has 7 aromatic carbocycles. The van der Waals surface area contributed by atoms with Crippen LogP contribution < -0.4 is 0 Å². The molecule has 0 fully saturated rings. The lowest BCUT2D eigenvalue weighted by atomic mass is 9.65. The van der Waals surface area contributed by atoms with Gasteiger partial charge < -0.3 is 0 Å². The highest BCUT2D eigenvalue weighted by molar-refractivity contribution is 6.09. The smallest absolute Gasteiger partial charge is 0.162 e. The maximum absolute atomic E-state index is 9.48. The summed E-state index contributed by atoms with van der Waals surface area (Å²) in [6, 6.07) is 69.7. The molecule has 9 aromatic rings. The van der Waals surface area contributed by atoms with E-state index in [1.165, 1.54) is 27.5 Å². The van der Waals surface area contributed by atoms with Gasteiger partial charge in [0, 0.05) is 28.0 Å². The number of nitrogens with zero attached hydrogens (tertiary/aromatic N) is 4. The minimum absolute atomic E-state index is 0.554. The molecule has 0 spiro atoms. The number of hydrogen-bond acceptors (Lipinski definition) is 3. The van der Waals surface area contributed by atoms with E-state index in [1.807, 2.05) is 30.3 Å². The van der Waals surface area contributed by atoms with Crippen LogP contribution >= 0.6 is 0 Å². The topological polar surface area (TPSA) is 54.5 Å². The molecule has 0 aliphatic carbocycles. The molecule has 0 aliphatic heterocycles. The van der Waals surface area contributed by atoms with Gasteiger partial charge in [-0.25, -0.2) is 9.97 Å². The van der Waals surface area contributed by atoms with Crippen LogP contribution in [0.1, 0.15) is 27.8 Å². The van der Waals surface area contributed by atoms with E-state index in [0.29, 0.717) is 11.4 Å². The number of fused-ring (bicyclic) bond motifs is 3. The Hall–Kier alpha value is -7.09. The second kappa shape index (κ2) is 13.0. The fourth-order valence-electron chi connectivity index (χ4n) is 7.64. The van der Waals surface area contributed by atoms with Crippen molar-refractivity contribution < 1.29 is 0 Å². The van der Waals surface area contributed by atoms with Crippen molar-refractivity contribution in [2.75, 3.05) is 0 Å². The normalized spacial score (nSPS) is 11.4. The third-order valence-electron chi connectivity index (χ3n) is 10.0. The Labute approximate surface area is 302 Å². The van der Waals surface area contributed by atoms with Crippen LogP contribution in [0.4, 0.5) is 0 Å². The summed E-state index contributed by atoms with van der Waals surface area (Å²) in [6.07, 6.45) is 0. The van der Waals surface area contributed by atoms with Gasteiger partial charge in [-0.05, 0) is 46.5 Å². The Morgan fingerprint density at radius 1 is 0.442 bits per heavy atom. The maximum atomic E-state index is 9.48. The summed E-state index contributed by atoms with van der Waals surface area (Å²) in [5.41, 5.74) is 9.52. The van der Waals surface area contributed by atoms with Crippen molar-refractivity contribution in [3.05, 3.63) is 222 Å². The van der Waals surface area contributed by atoms with Gasteiger partial charge in [0.25, 0.3) is 0 Å². The Kier molecular flexibility index (Phi) is 7.72. The zero-order chi connectivity index (χ0) is 34.9. The number of para-hydroxylation sites is 2. The molecule has 0 aliphatic rings. The maximum Gasteiger partial charge on any atom is 0.162 e. The van der Waals surface area contributed by atoms with Crippen LogP contribution in [-0.2, 0) is 5.41 Å². The van der Waals surface area contributed by atoms with E-state index in [0.717, 1.165) is 39.2 Å². The highest BCUT2D eigenvalue weighted by Gasteiger charge is 2.38. The minimum atomic E-state index is -0.554. The summed E-state index contributed by atoms with van der Waals surface area (Å²) in [5.74, 6) is 1.40. The minimum Gasteiger partial charge on any atom is -0.294 e. The molecule has 52 heavy (non-hydrogen) atoms. The van der Waals surface area contributed by atoms with Crippen LogP contribution in [0.5, 0.6) is 0 Å². The van der Waals surface area contributed by atoms with Crippen molar-refractivity contribution in [3.63, 3.8) is 0 Å². The van der Waals surface area contributed by atoms with Crippen molar-refractivity contribution in [1.82, 2.24) is 14.5 Å². The lowest BCUT2D eigenvalue weighted by Crippen LogP contribution is -2.30. The van der Waals surface area contributed by atoms with E-state index in [2.05, 4.69) is 174 Å². The Balaban J connectivity index is 1.26. The highest BCUT2D eigenvalue weighted by Crippen LogP contribution is 2.45. The third kappa shape index (κ3) is 5.16. The molecule has 0 radical (unpaired) electrons. The van der Waals surface area contributed by atoms with E-state index < -0.39 is 5.41 Å². The van der Waals surface area contributed by atoms with E-state index in [9.17, 15) is 5.26 Å². The first-order valence-electron chi connectivity index (χ1n) is 17.4. The monoisotopic (exact) mass is 664 g/mol. The average Bonchev–Trinajstić information content (AvgIpc) is 3.57. The van der Waals surface area contributed by atoms with Crippen LogP contribution in [0.2, 0.25) is 0 Å². The van der Waals surface area contributed by atoms with E-state index >= 15 is 0 Å². The Bertz CT molecular complexity index is 2560. The van der Waals surface area contributed by atoms with Gasteiger partial charge in [0.2, 0.25) is 0 Å². The highest BCUT2D eigenvalue weighted by atomic mass is 15.1. The van der Waals surface area contributed by atoms with Gasteiger partial charge in [0.15, 0.2) is 5.82 Å². The SMILES string of the molecule is N#Cc1ccc(-c2cc(-n3c4ccccc4c4ccccc43)nc(-c3ccc(C(c4ccccc4)(c4ccccc4)c4ccccc4)cc3)n2)cc1. The molecule has 0 saturated heterocycles. The number of aromatic nitrogens is 3. The van der Waals surface area contributed by atoms with Crippen molar-refractivity contribution in [1.29, 1.82) is 5.26 Å². The van der Waals surface area contributed by atoms with Crippen LogP contribution in [0, 0.1) is 11.3 Å². The first kappa shape index (κ1) is 30.9. The summed E-state index contributed by atoms with van der Waals surface area (Å²) in [6.45, 7) is 0. The zero-order valence-corrected chi connectivity index (χ0v) is 28.3. The molecule has 4 heteroatoms. The summed E-state index contributed by atoms with van der Waals surface area (Å²) in [7, 11) is 0. The van der Waals surface area contributed by atoms with Gasteiger partial charge in [-0.2, -0.15) is 5.26 Å². The number of hydrogen-bond donors (Lipinski definition) is 0. The van der Waals surface area contributed by atoms with Gasteiger partial charge in [-0.3, -0.25) is 4.57 Å². The van der Waals surface area contributed by atoms with Crippen LogP contribution in [0.3, 0.4) is 0 Å². The van der Waals surface area contributed by atoms with E-state index in [1.54, 1.807) is 0 Å². The first-order chi connectivity index (χ1) is 25.7. The van der Waals surface area contributed by atoms with Crippen LogP contribution in [-0.4, -0.2) is 14.5 Å². The molecule has 0 amide bonds. The summed E-state index contributed by atoms with van der Waals surface area (Å²) in [4.78, 5) is 10.4. The summed E-state index contributed by atoms with van der Waals surface area (Å²) < 4.78 is 2.22. The van der Waals surface area contributed by atoms with Gasteiger partial charge in [0.1, 0.15) is 5.82 Å². The predicted octanol–water partition coefficient (Wildman–Crippen LogP) is 11.2. The summed E-state index contributed by atoms with van der Waals surface area (Å²) in [5, 5.41) is 11.8. The second-order valence-electron chi connectivity index (χ2n) is 12.9. The van der Waals surface area contributed by atoms with Crippen molar-refractivity contribution in [3.8, 4) is 34.5 Å². The van der Waals surface area contributed by atoms with E-state index in [4.69, 9.17) is 9.97 Å².